The van der Waals surface area contributed by atoms with Crippen LogP contribution in [0, 0.1) is 0 Å². The smallest absolute Gasteiger partial charge is 0.229 e. The molecule has 0 amide bonds. The number of ether oxygens (including phenoxy) is 1. The van der Waals surface area contributed by atoms with E-state index in [1.165, 1.54) is 12.4 Å². The van der Waals surface area contributed by atoms with Gasteiger partial charge in [-0.2, -0.15) is 0 Å². The third-order valence-electron chi connectivity index (χ3n) is 2.24. The van der Waals surface area contributed by atoms with Gasteiger partial charge >= 0.3 is 0 Å². The minimum absolute atomic E-state index is 0.365. The highest BCUT2D eigenvalue weighted by atomic mass is 32.2. The second-order valence-electron chi connectivity index (χ2n) is 3.75. The molecule has 0 spiro atoms. The molecule has 94 valence electrons. The molecule has 1 N–H and O–H groups in total. The molecule has 1 fully saturated rings. The van der Waals surface area contributed by atoms with E-state index in [9.17, 15) is 8.42 Å². The van der Waals surface area contributed by atoms with E-state index >= 15 is 0 Å². The molecular formula is C9H14N4O3S. The Morgan fingerprint density at radius 1 is 1.29 bits per heavy atom. The van der Waals surface area contributed by atoms with Crippen LogP contribution in [0.3, 0.4) is 0 Å². The monoisotopic (exact) mass is 258 g/mol. The number of anilines is 2. The molecule has 0 saturated carbocycles. The first-order valence-corrected chi connectivity index (χ1v) is 7.06. The number of aromatic nitrogens is 2. The van der Waals surface area contributed by atoms with Gasteiger partial charge in [0.05, 0.1) is 37.6 Å². The van der Waals surface area contributed by atoms with E-state index in [4.69, 9.17) is 4.74 Å². The summed E-state index contributed by atoms with van der Waals surface area (Å²) < 4.78 is 29.5. The third kappa shape index (κ3) is 3.53. The van der Waals surface area contributed by atoms with E-state index in [0.717, 1.165) is 19.3 Å². The summed E-state index contributed by atoms with van der Waals surface area (Å²) in [5.74, 6) is 0.590. The zero-order valence-corrected chi connectivity index (χ0v) is 10.3. The lowest BCUT2D eigenvalue weighted by molar-refractivity contribution is 0.122. The predicted molar refractivity (Wildman–Crippen MR) is 63.5 cm³/mol. The van der Waals surface area contributed by atoms with Crippen molar-refractivity contribution in [3.63, 3.8) is 0 Å². The van der Waals surface area contributed by atoms with Crippen molar-refractivity contribution in [2.75, 3.05) is 42.2 Å². The van der Waals surface area contributed by atoms with Gasteiger partial charge in [0.1, 0.15) is 0 Å². The van der Waals surface area contributed by atoms with Crippen LogP contribution in [-0.2, 0) is 14.8 Å². The fourth-order valence-electron chi connectivity index (χ4n) is 1.51. The molecule has 1 aliphatic heterocycles. The van der Waals surface area contributed by atoms with Crippen LogP contribution < -0.4 is 9.62 Å². The van der Waals surface area contributed by atoms with Crippen molar-refractivity contribution in [3.8, 4) is 0 Å². The Labute approximate surface area is 99.9 Å². The highest BCUT2D eigenvalue weighted by Crippen LogP contribution is 2.12. The average molecular weight is 258 g/mol. The molecule has 1 aliphatic rings. The Morgan fingerprint density at radius 2 is 1.88 bits per heavy atom. The number of hydrogen-bond acceptors (Lipinski definition) is 6. The number of rotatable bonds is 3. The summed E-state index contributed by atoms with van der Waals surface area (Å²) in [7, 11) is -3.28. The van der Waals surface area contributed by atoms with Crippen LogP contribution in [0.4, 0.5) is 11.6 Å². The zero-order chi connectivity index (χ0) is 12.3. The Morgan fingerprint density at radius 3 is 2.41 bits per heavy atom. The molecule has 0 unspecified atom stereocenters. The van der Waals surface area contributed by atoms with Crippen molar-refractivity contribution in [2.45, 2.75) is 0 Å². The molecule has 1 aromatic rings. The van der Waals surface area contributed by atoms with Crippen LogP contribution in [0.25, 0.3) is 0 Å². The molecule has 2 rings (SSSR count). The molecule has 0 radical (unpaired) electrons. The number of nitrogens with one attached hydrogen (secondary N) is 1. The van der Waals surface area contributed by atoms with Crippen molar-refractivity contribution < 1.29 is 13.2 Å². The van der Waals surface area contributed by atoms with Crippen molar-refractivity contribution in [2.24, 2.45) is 0 Å². The molecule has 2 heterocycles. The summed E-state index contributed by atoms with van der Waals surface area (Å²) in [5.41, 5.74) is 0.365. The first-order chi connectivity index (χ1) is 8.04. The zero-order valence-electron chi connectivity index (χ0n) is 9.46. The second kappa shape index (κ2) is 4.84. The summed E-state index contributed by atoms with van der Waals surface area (Å²) in [5, 5.41) is 0. The van der Waals surface area contributed by atoms with Gasteiger partial charge in [-0.3, -0.25) is 4.72 Å². The lowest BCUT2D eigenvalue weighted by atomic mass is 10.4. The van der Waals surface area contributed by atoms with E-state index in [0.29, 0.717) is 24.8 Å². The number of hydrogen-bond donors (Lipinski definition) is 1. The maximum atomic E-state index is 11.0. The van der Waals surface area contributed by atoms with Gasteiger partial charge in [0.15, 0.2) is 0 Å². The molecule has 0 atom stereocenters. The Bertz CT molecular complexity index is 468. The number of morpholine rings is 1. The highest BCUT2D eigenvalue weighted by Gasteiger charge is 2.13. The molecule has 17 heavy (non-hydrogen) atoms. The quantitative estimate of drug-likeness (QED) is 0.800. The first-order valence-electron chi connectivity index (χ1n) is 5.17. The summed E-state index contributed by atoms with van der Waals surface area (Å²) in [6, 6.07) is 0. The number of nitrogens with zero attached hydrogens (tertiary/aromatic N) is 3. The van der Waals surface area contributed by atoms with E-state index in [2.05, 4.69) is 14.7 Å². The van der Waals surface area contributed by atoms with Gasteiger partial charge in [-0.05, 0) is 0 Å². The maximum absolute atomic E-state index is 11.0. The largest absolute Gasteiger partial charge is 0.378 e. The van der Waals surface area contributed by atoms with Gasteiger partial charge < -0.3 is 9.64 Å². The summed E-state index contributed by atoms with van der Waals surface area (Å²) >= 11 is 0. The van der Waals surface area contributed by atoms with Crippen molar-refractivity contribution in [1.82, 2.24) is 9.97 Å². The Balaban J connectivity index is 2.07. The van der Waals surface area contributed by atoms with Crippen LogP contribution in [0.15, 0.2) is 12.4 Å². The fourth-order valence-corrected chi connectivity index (χ4v) is 2.05. The van der Waals surface area contributed by atoms with Gasteiger partial charge in [-0.15, -0.1) is 0 Å². The van der Waals surface area contributed by atoms with Crippen molar-refractivity contribution in [3.05, 3.63) is 12.4 Å². The number of sulfonamides is 1. The fraction of sp³-hybridized carbons (Fsp3) is 0.556. The second-order valence-corrected chi connectivity index (χ2v) is 5.49. The van der Waals surface area contributed by atoms with E-state index < -0.39 is 10.0 Å². The molecule has 0 bridgehead atoms. The summed E-state index contributed by atoms with van der Waals surface area (Å²) in [6.45, 7) is 2.82. The summed E-state index contributed by atoms with van der Waals surface area (Å²) in [4.78, 5) is 10.2. The third-order valence-corrected chi connectivity index (χ3v) is 2.84. The standard InChI is InChI=1S/C9H14N4O3S/c1-17(14,15)12-8-6-10-9(11-7-8)13-2-4-16-5-3-13/h6-7,12H,2-5H2,1H3. The lowest BCUT2D eigenvalue weighted by Gasteiger charge is -2.26. The molecule has 7 nitrogen and oxygen atoms in total. The van der Waals surface area contributed by atoms with Gasteiger partial charge in [0.25, 0.3) is 0 Å². The highest BCUT2D eigenvalue weighted by molar-refractivity contribution is 7.92. The van der Waals surface area contributed by atoms with Crippen LogP contribution in [-0.4, -0.2) is 50.9 Å². The van der Waals surface area contributed by atoms with E-state index in [-0.39, 0.29) is 0 Å². The molecule has 0 aliphatic carbocycles. The maximum Gasteiger partial charge on any atom is 0.229 e. The Hall–Kier alpha value is -1.41. The van der Waals surface area contributed by atoms with Crippen molar-refractivity contribution in [1.29, 1.82) is 0 Å². The molecule has 0 aromatic carbocycles. The van der Waals surface area contributed by atoms with Crippen LogP contribution in [0.1, 0.15) is 0 Å². The van der Waals surface area contributed by atoms with Crippen LogP contribution in [0.2, 0.25) is 0 Å². The van der Waals surface area contributed by atoms with Crippen molar-refractivity contribution >= 4 is 21.7 Å². The van der Waals surface area contributed by atoms with E-state index in [1.807, 2.05) is 4.90 Å². The normalized spacial score (nSPS) is 16.9. The van der Waals surface area contributed by atoms with Crippen LogP contribution in [0.5, 0.6) is 0 Å². The minimum atomic E-state index is -3.28. The van der Waals surface area contributed by atoms with Gasteiger partial charge in [0, 0.05) is 13.1 Å². The topological polar surface area (TPSA) is 84.4 Å². The van der Waals surface area contributed by atoms with Crippen LogP contribution >= 0.6 is 0 Å². The molecular weight excluding hydrogens is 244 g/mol. The van der Waals surface area contributed by atoms with E-state index in [1.54, 1.807) is 0 Å². The lowest BCUT2D eigenvalue weighted by Crippen LogP contribution is -2.37. The van der Waals surface area contributed by atoms with Gasteiger partial charge in [0.2, 0.25) is 16.0 Å². The molecule has 1 saturated heterocycles. The van der Waals surface area contributed by atoms with Gasteiger partial charge in [-0.25, -0.2) is 18.4 Å². The molecule has 1 aromatic heterocycles. The predicted octanol–water partition coefficient (Wildman–Crippen LogP) is -0.315. The first kappa shape index (κ1) is 12.1. The Kier molecular flexibility index (Phi) is 3.43. The minimum Gasteiger partial charge on any atom is -0.378 e. The van der Waals surface area contributed by atoms with Gasteiger partial charge in [-0.1, -0.05) is 0 Å². The average Bonchev–Trinajstić information content (AvgIpc) is 2.29. The SMILES string of the molecule is CS(=O)(=O)Nc1cnc(N2CCOCC2)nc1. The molecule has 8 heteroatoms. The summed E-state index contributed by atoms with van der Waals surface area (Å²) in [6.07, 6.45) is 4.00.